The summed E-state index contributed by atoms with van der Waals surface area (Å²) in [5.41, 5.74) is 0. The fourth-order valence-corrected chi connectivity index (χ4v) is 9.06. The maximum atomic E-state index is 13.5. The Kier molecular flexibility index (Phi) is 47.6. The van der Waals surface area contributed by atoms with Crippen molar-refractivity contribution in [3.63, 3.8) is 0 Å². The summed E-state index contributed by atoms with van der Waals surface area (Å²) >= 11 is 0. The molecule has 0 radical (unpaired) electrons. The predicted octanol–water partition coefficient (Wildman–Crippen LogP) is 16.5. The number of ether oxygens (including phenoxy) is 1. The van der Waals surface area contributed by atoms with Crippen LogP contribution in [0.2, 0.25) is 0 Å². The zero-order chi connectivity index (χ0) is 50.1. The molecule has 3 atom stereocenters. The maximum Gasteiger partial charge on any atom is 0.306 e. The standard InChI is InChI=1S/C58H111N2O7P/c1-7-10-13-16-19-22-25-27-29-31-32-35-38-41-44-47-50-57(61)59-55(54-66-68(63,64)65-53-52-60(4,5)6)56(49-46-43-40-37-34-24-21-18-15-12-9-3)67-58(62)51-48-45-42-39-36-33-30-28-26-23-20-17-14-11-8-2/h20,23,26,28,46,49,55-56H,7-19,21-22,24-25,27,29-45,47-48,50-54H2,1-6H3,(H-,59,61,63,64)/b23-20+,28-26+,49-46+. The number of esters is 1. The van der Waals surface area contributed by atoms with Gasteiger partial charge in [0, 0.05) is 12.8 Å². The number of phosphoric acid groups is 1. The van der Waals surface area contributed by atoms with Gasteiger partial charge in [-0.15, -0.1) is 0 Å². The molecule has 0 heterocycles. The molecule has 0 aliphatic heterocycles. The fourth-order valence-electron chi connectivity index (χ4n) is 8.34. The van der Waals surface area contributed by atoms with Crippen molar-refractivity contribution in [1.82, 2.24) is 5.32 Å². The van der Waals surface area contributed by atoms with Crippen LogP contribution >= 0.6 is 7.82 Å². The summed E-state index contributed by atoms with van der Waals surface area (Å²) in [5, 5.41) is 3.02. The number of rotatable bonds is 52. The van der Waals surface area contributed by atoms with Crippen LogP contribution in [0.1, 0.15) is 271 Å². The van der Waals surface area contributed by atoms with Crippen molar-refractivity contribution in [2.75, 3.05) is 40.9 Å². The van der Waals surface area contributed by atoms with E-state index >= 15 is 0 Å². The molecule has 0 rings (SSSR count). The van der Waals surface area contributed by atoms with Crippen LogP contribution in [0.3, 0.4) is 0 Å². The molecule has 400 valence electrons. The normalized spacial score (nSPS) is 14.0. The summed E-state index contributed by atoms with van der Waals surface area (Å²) < 4.78 is 30.2. The van der Waals surface area contributed by atoms with E-state index in [9.17, 15) is 19.0 Å². The van der Waals surface area contributed by atoms with E-state index in [2.05, 4.69) is 50.4 Å². The minimum Gasteiger partial charge on any atom is -0.756 e. The van der Waals surface area contributed by atoms with Gasteiger partial charge in [-0.05, 0) is 57.4 Å². The van der Waals surface area contributed by atoms with Gasteiger partial charge in [-0.3, -0.25) is 14.2 Å². The molecule has 0 aromatic heterocycles. The smallest absolute Gasteiger partial charge is 0.306 e. The number of carbonyl (C=O) groups excluding carboxylic acids is 2. The zero-order valence-corrected chi connectivity index (χ0v) is 46.5. The van der Waals surface area contributed by atoms with Gasteiger partial charge in [0.25, 0.3) is 7.82 Å². The number of quaternary nitrogens is 1. The Morgan fingerprint density at radius 2 is 0.882 bits per heavy atom. The Hall–Kier alpha value is -1.77. The van der Waals surface area contributed by atoms with Gasteiger partial charge < -0.3 is 28.5 Å². The molecule has 0 fully saturated rings. The monoisotopic (exact) mass is 979 g/mol. The third kappa shape index (κ3) is 49.2. The summed E-state index contributed by atoms with van der Waals surface area (Å²) in [6, 6.07) is -0.887. The first kappa shape index (κ1) is 66.2. The van der Waals surface area contributed by atoms with Crippen LogP contribution in [0.5, 0.6) is 0 Å². The Balaban J connectivity index is 5.31. The largest absolute Gasteiger partial charge is 0.756 e. The lowest BCUT2D eigenvalue weighted by Crippen LogP contribution is -2.47. The van der Waals surface area contributed by atoms with Gasteiger partial charge in [-0.1, -0.05) is 237 Å². The van der Waals surface area contributed by atoms with Crippen molar-refractivity contribution in [2.24, 2.45) is 0 Å². The SMILES string of the molecule is CCCCC/C=C/C=C/CCCCCCCCC(=O)OC(/C=C/CCCCCCCCCCC)C(COP(=O)([O-])OCC[N+](C)(C)C)NC(=O)CCCCCCCCCCCCCCCCCC. The highest BCUT2D eigenvalue weighted by atomic mass is 31.2. The molecule has 9 nitrogen and oxygen atoms in total. The number of unbranched alkanes of at least 4 members (excludes halogenated alkanes) is 33. The molecular weight excluding hydrogens is 868 g/mol. The van der Waals surface area contributed by atoms with Crippen LogP contribution in [0.15, 0.2) is 36.5 Å². The summed E-state index contributed by atoms with van der Waals surface area (Å²) in [4.78, 5) is 39.8. The van der Waals surface area contributed by atoms with Crippen molar-refractivity contribution in [2.45, 2.75) is 283 Å². The van der Waals surface area contributed by atoms with Crippen molar-refractivity contribution < 1.29 is 37.3 Å². The molecule has 0 aromatic carbocycles. The predicted molar refractivity (Wildman–Crippen MR) is 289 cm³/mol. The van der Waals surface area contributed by atoms with Crippen molar-refractivity contribution in [3.8, 4) is 0 Å². The van der Waals surface area contributed by atoms with Crippen molar-refractivity contribution >= 4 is 19.7 Å². The number of hydrogen-bond acceptors (Lipinski definition) is 7. The highest BCUT2D eigenvalue weighted by molar-refractivity contribution is 7.45. The Morgan fingerprint density at radius 3 is 1.32 bits per heavy atom. The highest BCUT2D eigenvalue weighted by Gasteiger charge is 2.27. The molecule has 0 saturated heterocycles. The Labute approximate surface area is 421 Å². The van der Waals surface area contributed by atoms with Gasteiger partial charge in [0.1, 0.15) is 19.3 Å². The third-order valence-electron chi connectivity index (χ3n) is 12.9. The van der Waals surface area contributed by atoms with Crippen molar-refractivity contribution in [1.29, 1.82) is 0 Å². The van der Waals surface area contributed by atoms with Gasteiger partial charge >= 0.3 is 5.97 Å². The minimum absolute atomic E-state index is 0.0223. The van der Waals surface area contributed by atoms with E-state index in [0.29, 0.717) is 17.4 Å². The average Bonchev–Trinajstić information content (AvgIpc) is 3.29. The second-order valence-electron chi connectivity index (χ2n) is 20.8. The number of hydrogen-bond donors (Lipinski definition) is 1. The molecule has 0 spiro atoms. The van der Waals surface area contributed by atoms with E-state index in [1.807, 2.05) is 33.3 Å². The molecule has 1 N–H and O–H groups in total. The number of allylic oxidation sites excluding steroid dienone is 5. The average molecular weight is 980 g/mol. The lowest BCUT2D eigenvalue weighted by atomic mass is 10.0. The van der Waals surface area contributed by atoms with Crippen LogP contribution in [0, 0.1) is 0 Å². The summed E-state index contributed by atoms with van der Waals surface area (Å²) in [6.45, 7) is 6.82. The van der Waals surface area contributed by atoms with E-state index in [1.165, 1.54) is 161 Å². The molecule has 0 aliphatic rings. The summed E-state index contributed by atoms with van der Waals surface area (Å²) in [6.07, 6.45) is 56.7. The summed E-state index contributed by atoms with van der Waals surface area (Å²) in [5.74, 6) is -0.546. The van der Waals surface area contributed by atoms with Crippen LogP contribution in [0.4, 0.5) is 0 Å². The lowest BCUT2D eigenvalue weighted by Gasteiger charge is -2.30. The number of nitrogens with one attached hydrogen (secondary N) is 1. The molecule has 1 amide bonds. The molecule has 0 aliphatic carbocycles. The molecule has 0 saturated carbocycles. The van der Waals surface area contributed by atoms with E-state index in [1.54, 1.807) is 0 Å². The first-order valence-electron chi connectivity index (χ1n) is 28.8. The second kappa shape index (κ2) is 48.8. The molecule has 68 heavy (non-hydrogen) atoms. The second-order valence-corrected chi connectivity index (χ2v) is 22.2. The minimum atomic E-state index is -4.69. The zero-order valence-electron chi connectivity index (χ0n) is 45.6. The molecule has 3 unspecified atom stereocenters. The van der Waals surface area contributed by atoms with E-state index in [-0.39, 0.29) is 31.5 Å². The van der Waals surface area contributed by atoms with Crippen LogP contribution in [-0.2, 0) is 27.9 Å². The number of phosphoric ester groups is 1. The molecule has 0 aromatic rings. The topological polar surface area (TPSA) is 114 Å². The quantitative estimate of drug-likeness (QED) is 0.0161. The molecular formula is C58H111N2O7P. The Bertz CT molecular complexity index is 1270. The highest BCUT2D eigenvalue weighted by Crippen LogP contribution is 2.38. The van der Waals surface area contributed by atoms with Gasteiger partial charge in [0.15, 0.2) is 0 Å². The van der Waals surface area contributed by atoms with E-state index in [0.717, 1.165) is 77.0 Å². The summed E-state index contributed by atoms with van der Waals surface area (Å²) in [7, 11) is 1.19. The van der Waals surface area contributed by atoms with Crippen LogP contribution < -0.4 is 10.2 Å². The third-order valence-corrected chi connectivity index (χ3v) is 13.8. The molecule has 10 heteroatoms. The first-order valence-corrected chi connectivity index (χ1v) is 30.3. The number of likely N-dealkylation sites (N-methyl/N-ethyl adjacent to an activating group) is 1. The van der Waals surface area contributed by atoms with Gasteiger partial charge in [0.2, 0.25) is 5.91 Å². The van der Waals surface area contributed by atoms with Crippen LogP contribution in [-0.4, -0.2) is 69.4 Å². The van der Waals surface area contributed by atoms with Crippen LogP contribution in [0.25, 0.3) is 0 Å². The number of nitrogens with zero attached hydrogens (tertiary/aromatic N) is 1. The Morgan fingerprint density at radius 1 is 0.515 bits per heavy atom. The fraction of sp³-hybridized carbons (Fsp3) is 0.862. The van der Waals surface area contributed by atoms with E-state index < -0.39 is 20.0 Å². The number of carbonyl (C=O) groups is 2. The molecule has 0 bridgehead atoms. The van der Waals surface area contributed by atoms with Gasteiger partial charge in [-0.25, -0.2) is 0 Å². The first-order chi connectivity index (χ1) is 32.9. The lowest BCUT2D eigenvalue weighted by molar-refractivity contribution is -0.870. The maximum absolute atomic E-state index is 13.5. The van der Waals surface area contributed by atoms with Gasteiger partial charge in [0.05, 0.1) is 33.8 Å². The van der Waals surface area contributed by atoms with Crippen molar-refractivity contribution in [3.05, 3.63) is 36.5 Å². The van der Waals surface area contributed by atoms with E-state index in [4.69, 9.17) is 13.8 Å². The number of amides is 1. The van der Waals surface area contributed by atoms with Gasteiger partial charge in [-0.2, -0.15) is 0 Å².